The number of nitrogens with zero attached hydrogens (tertiary/aromatic N) is 4. The number of aromatic nitrogens is 4. The third-order valence-corrected chi connectivity index (χ3v) is 2.73. The number of hydrogen-bond acceptors (Lipinski definition) is 6. The summed E-state index contributed by atoms with van der Waals surface area (Å²) in [5.74, 6) is 0.615. The molecular weight excluding hydrogens is 244 g/mol. The SMILES string of the molecule is CCOC(C)Cn1nnnc1-c1ccc(N)cc1N. The molecule has 19 heavy (non-hydrogen) atoms. The molecule has 102 valence electrons. The zero-order chi connectivity index (χ0) is 13.8. The molecule has 2 rings (SSSR count). The van der Waals surface area contributed by atoms with Crippen LogP contribution in [0.15, 0.2) is 18.2 Å². The Balaban J connectivity index is 2.28. The van der Waals surface area contributed by atoms with E-state index in [9.17, 15) is 0 Å². The van der Waals surface area contributed by atoms with Crippen molar-refractivity contribution in [2.75, 3.05) is 18.1 Å². The molecule has 1 atom stereocenters. The van der Waals surface area contributed by atoms with Crippen LogP contribution >= 0.6 is 0 Å². The summed E-state index contributed by atoms with van der Waals surface area (Å²) < 4.78 is 7.17. The first-order valence-electron chi connectivity index (χ1n) is 6.15. The van der Waals surface area contributed by atoms with Gasteiger partial charge in [-0.3, -0.25) is 0 Å². The van der Waals surface area contributed by atoms with E-state index in [1.54, 1.807) is 16.8 Å². The van der Waals surface area contributed by atoms with Gasteiger partial charge in [-0.15, -0.1) is 5.10 Å². The van der Waals surface area contributed by atoms with Gasteiger partial charge in [0.2, 0.25) is 0 Å². The lowest BCUT2D eigenvalue weighted by Gasteiger charge is -2.13. The van der Waals surface area contributed by atoms with Crippen molar-refractivity contribution in [2.45, 2.75) is 26.5 Å². The third kappa shape index (κ3) is 3.00. The van der Waals surface area contributed by atoms with Crippen LogP contribution in [0.4, 0.5) is 11.4 Å². The summed E-state index contributed by atoms with van der Waals surface area (Å²) >= 11 is 0. The standard InChI is InChI=1S/C12H18N6O/c1-3-19-8(2)7-18-12(15-16-17-18)10-5-4-9(13)6-11(10)14/h4-6,8H,3,7,13-14H2,1-2H3. The summed E-state index contributed by atoms with van der Waals surface area (Å²) in [6.07, 6.45) is 0.0299. The molecule has 0 amide bonds. The smallest absolute Gasteiger partial charge is 0.184 e. The maximum atomic E-state index is 5.95. The molecule has 0 aliphatic heterocycles. The molecule has 1 aromatic carbocycles. The quantitative estimate of drug-likeness (QED) is 0.777. The van der Waals surface area contributed by atoms with Crippen molar-refractivity contribution >= 4 is 11.4 Å². The van der Waals surface area contributed by atoms with E-state index in [2.05, 4.69) is 15.5 Å². The first-order valence-corrected chi connectivity index (χ1v) is 6.15. The second-order valence-corrected chi connectivity index (χ2v) is 4.30. The van der Waals surface area contributed by atoms with Gasteiger partial charge in [0.15, 0.2) is 5.82 Å². The van der Waals surface area contributed by atoms with E-state index in [1.807, 2.05) is 19.9 Å². The second-order valence-electron chi connectivity index (χ2n) is 4.30. The fourth-order valence-electron chi connectivity index (χ4n) is 1.89. The van der Waals surface area contributed by atoms with Crippen molar-refractivity contribution < 1.29 is 4.74 Å². The van der Waals surface area contributed by atoms with Crippen molar-refractivity contribution in [2.24, 2.45) is 0 Å². The Morgan fingerprint density at radius 3 is 2.84 bits per heavy atom. The molecule has 1 unspecified atom stereocenters. The van der Waals surface area contributed by atoms with Crippen LogP contribution in [-0.4, -0.2) is 32.9 Å². The topological polar surface area (TPSA) is 105 Å². The minimum absolute atomic E-state index is 0.0299. The molecule has 0 aliphatic carbocycles. The lowest BCUT2D eigenvalue weighted by atomic mass is 10.1. The normalized spacial score (nSPS) is 12.5. The monoisotopic (exact) mass is 262 g/mol. The highest BCUT2D eigenvalue weighted by Gasteiger charge is 2.14. The fraction of sp³-hybridized carbons (Fsp3) is 0.417. The fourth-order valence-corrected chi connectivity index (χ4v) is 1.89. The van der Waals surface area contributed by atoms with Crippen LogP contribution in [0.5, 0.6) is 0 Å². The Morgan fingerprint density at radius 1 is 1.37 bits per heavy atom. The van der Waals surface area contributed by atoms with Gasteiger partial charge in [0, 0.05) is 23.5 Å². The Kier molecular flexibility index (Phi) is 3.96. The minimum Gasteiger partial charge on any atom is -0.399 e. The minimum atomic E-state index is 0.0299. The highest BCUT2D eigenvalue weighted by atomic mass is 16.5. The van der Waals surface area contributed by atoms with E-state index in [0.717, 1.165) is 5.56 Å². The van der Waals surface area contributed by atoms with Crippen LogP contribution in [0.3, 0.4) is 0 Å². The highest BCUT2D eigenvalue weighted by molar-refractivity contribution is 5.74. The molecule has 0 saturated carbocycles. The van der Waals surface area contributed by atoms with E-state index in [4.69, 9.17) is 16.2 Å². The maximum absolute atomic E-state index is 5.95. The van der Waals surface area contributed by atoms with Gasteiger partial charge < -0.3 is 16.2 Å². The van der Waals surface area contributed by atoms with Crippen LogP contribution < -0.4 is 11.5 Å². The van der Waals surface area contributed by atoms with E-state index < -0.39 is 0 Å². The van der Waals surface area contributed by atoms with Gasteiger partial charge in [-0.25, -0.2) is 4.68 Å². The van der Waals surface area contributed by atoms with Crippen molar-refractivity contribution in [1.29, 1.82) is 0 Å². The molecule has 2 aromatic rings. The molecule has 0 saturated heterocycles. The van der Waals surface area contributed by atoms with Crippen molar-refractivity contribution in [3.63, 3.8) is 0 Å². The zero-order valence-electron chi connectivity index (χ0n) is 11.1. The predicted octanol–water partition coefficient (Wildman–Crippen LogP) is 0.929. The number of benzene rings is 1. The highest BCUT2D eigenvalue weighted by Crippen LogP contribution is 2.25. The van der Waals surface area contributed by atoms with E-state index >= 15 is 0 Å². The number of tetrazole rings is 1. The van der Waals surface area contributed by atoms with Crippen molar-refractivity contribution in [3.05, 3.63) is 18.2 Å². The molecule has 1 aromatic heterocycles. The lowest BCUT2D eigenvalue weighted by molar-refractivity contribution is 0.0614. The van der Waals surface area contributed by atoms with Crippen molar-refractivity contribution in [1.82, 2.24) is 20.2 Å². The summed E-state index contributed by atoms with van der Waals surface area (Å²) in [4.78, 5) is 0. The van der Waals surface area contributed by atoms with E-state index in [-0.39, 0.29) is 6.10 Å². The summed E-state index contributed by atoms with van der Waals surface area (Å²) in [5, 5.41) is 11.7. The summed E-state index contributed by atoms with van der Waals surface area (Å²) in [5.41, 5.74) is 13.6. The molecule has 0 aliphatic rings. The van der Waals surface area contributed by atoms with Crippen LogP contribution in [0, 0.1) is 0 Å². The van der Waals surface area contributed by atoms with Gasteiger partial charge in [-0.05, 0) is 42.5 Å². The van der Waals surface area contributed by atoms with Gasteiger partial charge in [0.25, 0.3) is 0 Å². The first-order chi connectivity index (χ1) is 9.11. The Bertz CT molecular complexity index is 553. The Labute approximate surface area is 111 Å². The molecule has 0 fully saturated rings. The van der Waals surface area contributed by atoms with Gasteiger partial charge >= 0.3 is 0 Å². The number of nitrogens with two attached hydrogens (primary N) is 2. The van der Waals surface area contributed by atoms with Gasteiger partial charge in [-0.1, -0.05) is 0 Å². The summed E-state index contributed by atoms with van der Waals surface area (Å²) in [6, 6.07) is 5.29. The summed E-state index contributed by atoms with van der Waals surface area (Å²) in [6.45, 7) is 5.15. The van der Waals surface area contributed by atoms with E-state index in [0.29, 0.717) is 30.4 Å². The largest absolute Gasteiger partial charge is 0.399 e. The molecule has 7 heteroatoms. The van der Waals surface area contributed by atoms with Crippen LogP contribution in [-0.2, 0) is 11.3 Å². The zero-order valence-corrected chi connectivity index (χ0v) is 11.1. The molecule has 7 nitrogen and oxygen atoms in total. The summed E-state index contributed by atoms with van der Waals surface area (Å²) in [7, 11) is 0. The molecule has 0 bridgehead atoms. The maximum Gasteiger partial charge on any atom is 0.184 e. The van der Waals surface area contributed by atoms with Crippen molar-refractivity contribution in [3.8, 4) is 11.4 Å². The predicted molar refractivity (Wildman–Crippen MR) is 73.2 cm³/mol. The average molecular weight is 262 g/mol. The second kappa shape index (κ2) is 5.66. The Morgan fingerprint density at radius 2 is 2.16 bits per heavy atom. The number of ether oxygens (including phenoxy) is 1. The van der Waals surface area contributed by atoms with Crippen LogP contribution in [0.2, 0.25) is 0 Å². The Hall–Kier alpha value is -2.15. The molecule has 0 radical (unpaired) electrons. The van der Waals surface area contributed by atoms with Crippen LogP contribution in [0.1, 0.15) is 13.8 Å². The molecular formula is C12H18N6O. The number of hydrogen-bond donors (Lipinski definition) is 2. The van der Waals surface area contributed by atoms with E-state index in [1.165, 1.54) is 0 Å². The number of rotatable bonds is 5. The van der Waals surface area contributed by atoms with Gasteiger partial charge in [0.05, 0.1) is 12.6 Å². The lowest BCUT2D eigenvalue weighted by Crippen LogP contribution is -2.18. The van der Waals surface area contributed by atoms with Crippen LogP contribution in [0.25, 0.3) is 11.4 Å². The first kappa shape index (κ1) is 13.3. The molecule has 0 spiro atoms. The average Bonchev–Trinajstić information content (AvgIpc) is 2.77. The number of anilines is 2. The number of nitrogen functional groups attached to an aromatic ring is 2. The molecule has 4 N–H and O–H groups in total. The van der Waals surface area contributed by atoms with Gasteiger partial charge in [-0.2, -0.15) is 0 Å². The van der Waals surface area contributed by atoms with Gasteiger partial charge in [0.1, 0.15) is 0 Å². The third-order valence-electron chi connectivity index (χ3n) is 2.73. The molecule has 1 heterocycles.